The molecule has 0 radical (unpaired) electrons. The van der Waals surface area contributed by atoms with E-state index in [-0.39, 0.29) is 24.0 Å². The van der Waals surface area contributed by atoms with Gasteiger partial charge in [-0.05, 0) is 37.0 Å². The van der Waals surface area contributed by atoms with Crippen molar-refractivity contribution in [2.75, 3.05) is 45.6 Å². The highest BCUT2D eigenvalue weighted by molar-refractivity contribution is 14.0. The summed E-state index contributed by atoms with van der Waals surface area (Å²) in [6.45, 7) is 6.81. The largest absolute Gasteiger partial charge is 0.376 e. The number of hydrogen-bond donors (Lipinski definition) is 2. The van der Waals surface area contributed by atoms with Gasteiger partial charge in [-0.15, -0.1) is 35.3 Å². The number of hydrogen-bond acceptors (Lipinski definition) is 5. The second kappa shape index (κ2) is 11.7. The normalized spacial score (nSPS) is 25.5. The Balaban J connectivity index is 0.00000243. The standard InChI is InChI=1S/C18H30N4OS2.HI/c1-14-13-22(7-8-23-14)16(17-6-4-10-25-17)12-21-18(19-2)20-11-15-5-3-9-24-15;/h4,6,10,14-16H,3,5,7-9,11-13H2,1-2H3,(H2,19,20,21);1H. The van der Waals surface area contributed by atoms with Crippen LogP contribution in [0.1, 0.15) is 30.7 Å². The van der Waals surface area contributed by atoms with Crippen LogP contribution in [0, 0.1) is 0 Å². The number of thiophene rings is 1. The van der Waals surface area contributed by atoms with E-state index in [9.17, 15) is 0 Å². The molecule has 2 N–H and O–H groups in total. The molecule has 1 aromatic heterocycles. The molecule has 0 amide bonds. The lowest BCUT2D eigenvalue weighted by atomic mass is 10.1. The fourth-order valence-electron chi connectivity index (χ4n) is 3.45. The van der Waals surface area contributed by atoms with Crippen LogP contribution >= 0.6 is 47.1 Å². The molecule has 3 atom stereocenters. The SMILES string of the molecule is CN=C(NCC1CCCS1)NCC(c1cccs1)N1CCOC(C)C1.I. The van der Waals surface area contributed by atoms with Gasteiger partial charge in [0.25, 0.3) is 0 Å². The number of nitrogens with one attached hydrogen (secondary N) is 2. The third-order valence-electron chi connectivity index (χ3n) is 4.79. The van der Waals surface area contributed by atoms with Crippen molar-refractivity contribution in [3.05, 3.63) is 22.4 Å². The van der Waals surface area contributed by atoms with Crippen LogP contribution in [0.3, 0.4) is 0 Å². The highest BCUT2D eigenvalue weighted by Crippen LogP contribution is 2.27. The number of nitrogens with zero attached hydrogens (tertiary/aromatic N) is 2. The molecule has 5 nitrogen and oxygen atoms in total. The quantitative estimate of drug-likeness (QED) is 0.350. The fraction of sp³-hybridized carbons (Fsp3) is 0.722. The first-order valence-electron chi connectivity index (χ1n) is 9.21. The van der Waals surface area contributed by atoms with Crippen molar-refractivity contribution in [2.45, 2.75) is 37.2 Å². The molecule has 0 aliphatic carbocycles. The summed E-state index contributed by atoms with van der Waals surface area (Å²) in [6, 6.07) is 4.75. The Morgan fingerprint density at radius 1 is 1.46 bits per heavy atom. The zero-order valence-electron chi connectivity index (χ0n) is 15.6. The van der Waals surface area contributed by atoms with Crippen LogP contribution < -0.4 is 10.6 Å². The molecule has 0 spiro atoms. The van der Waals surface area contributed by atoms with E-state index in [0.717, 1.165) is 44.0 Å². The predicted octanol–water partition coefficient (Wildman–Crippen LogP) is 3.19. The van der Waals surface area contributed by atoms with E-state index in [1.54, 1.807) is 0 Å². The van der Waals surface area contributed by atoms with Crippen LogP contribution in [0.5, 0.6) is 0 Å². The van der Waals surface area contributed by atoms with Gasteiger partial charge in [0.1, 0.15) is 0 Å². The highest BCUT2D eigenvalue weighted by Gasteiger charge is 2.26. The molecule has 26 heavy (non-hydrogen) atoms. The van der Waals surface area contributed by atoms with Crippen LogP contribution in [0.4, 0.5) is 0 Å². The minimum Gasteiger partial charge on any atom is -0.376 e. The smallest absolute Gasteiger partial charge is 0.191 e. The van der Waals surface area contributed by atoms with E-state index < -0.39 is 0 Å². The van der Waals surface area contributed by atoms with Crippen LogP contribution in [0.25, 0.3) is 0 Å². The van der Waals surface area contributed by atoms with Crippen molar-refractivity contribution >= 4 is 53.0 Å². The van der Waals surface area contributed by atoms with E-state index in [4.69, 9.17) is 4.74 Å². The number of thioether (sulfide) groups is 1. The Morgan fingerprint density at radius 2 is 2.35 bits per heavy atom. The maximum Gasteiger partial charge on any atom is 0.191 e. The van der Waals surface area contributed by atoms with Gasteiger partial charge in [-0.1, -0.05) is 6.07 Å². The van der Waals surface area contributed by atoms with Crippen LogP contribution in [-0.4, -0.2) is 67.8 Å². The van der Waals surface area contributed by atoms with Crippen LogP contribution in [-0.2, 0) is 4.74 Å². The lowest BCUT2D eigenvalue weighted by molar-refractivity contribution is -0.0334. The van der Waals surface area contributed by atoms with Crippen molar-refractivity contribution in [3.63, 3.8) is 0 Å². The first-order chi connectivity index (χ1) is 12.3. The first-order valence-corrected chi connectivity index (χ1v) is 11.1. The number of halogens is 1. The first kappa shape index (κ1) is 22.3. The van der Waals surface area contributed by atoms with Crippen molar-refractivity contribution in [1.29, 1.82) is 0 Å². The maximum absolute atomic E-state index is 5.72. The average molecular weight is 511 g/mol. The lowest BCUT2D eigenvalue weighted by Gasteiger charge is -2.37. The Bertz CT molecular complexity index is 537. The summed E-state index contributed by atoms with van der Waals surface area (Å²) < 4.78 is 5.72. The summed E-state index contributed by atoms with van der Waals surface area (Å²) in [4.78, 5) is 8.35. The van der Waals surface area contributed by atoms with E-state index in [1.807, 2.05) is 18.4 Å². The van der Waals surface area contributed by atoms with Crippen molar-refractivity contribution in [1.82, 2.24) is 15.5 Å². The van der Waals surface area contributed by atoms with E-state index in [1.165, 1.54) is 23.5 Å². The van der Waals surface area contributed by atoms with Gasteiger partial charge < -0.3 is 15.4 Å². The minimum atomic E-state index is 0. The Labute approximate surface area is 182 Å². The third-order valence-corrected chi connectivity index (χ3v) is 7.16. The molecule has 1 aromatic rings. The van der Waals surface area contributed by atoms with Crippen molar-refractivity contribution < 1.29 is 4.74 Å². The Kier molecular flexibility index (Phi) is 10.0. The summed E-state index contributed by atoms with van der Waals surface area (Å²) in [5, 5.41) is 9.94. The molecule has 3 unspecified atom stereocenters. The predicted molar refractivity (Wildman–Crippen MR) is 124 cm³/mol. The zero-order chi connectivity index (χ0) is 17.5. The minimum absolute atomic E-state index is 0. The summed E-state index contributed by atoms with van der Waals surface area (Å²) in [5.74, 6) is 2.21. The molecule has 2 fully saturated rings. The Hall–Kier alpha value is -0.0300. The van der Waals surface area contributed by atoms with E-state index >= 15 is 0 Å². The van der Waals surface area contributed by atoms with E-state index in [2.05, 4.69) is 56.7 Å². The molecule has 2 saturated heterocycles. The van der Waals surface area contributed by atoms with Crippen molar-refractivity contribution in [2.24, 2.45) is 4.99 Å². The molecule has 2 aliphatic heterocycles. The maximum atomic E-state index is 5.72. The molecule has 8 heteroatoms. The monoisotopic (exact) mass is 510 g/mol. The topological polar surface area (TPSA) is 48.9 Å². The van der Waals surface area contributed by atoms with Gasteiger partial charge in [0, 0.05) is 43.4 Å². The van der Waals surface area contributed by atoms with Gasteiger partial charge in [0.15, 0.2) is 5.96 Å². The van der Waals surface area contributed by atoms with Crippen LogP contribution in [0.2, 0.25) is 0 Å². The van der Waals surface area contributed by atoms with Crippen molar-refractivity contribution in [3.8, 4) is 0 Å². The number of morpholine rings is 1. The summed E-state index contributed by atoms with van der Waals surface area (Å²) in [5.41, 5.74) is 0. The fourth-order valence-corrected chi connectivity index (χ4v) is 5.51. The van der Waals surface area contributed by atoms with Gasteiger partial charge in [-0.3, -0.25) is 9.89 Å². The summed E-state index contributed by atoms with van der Waals surface area (Å²) >= 11 is 3.91. The summed E-state index contributed by atoms with van der Waals surface area (Å²) in [7, 11) is 1.86. The number of rotatable bonds is 6. The number of aliphatic imine (C=N–C) groups is 1. The number of ether oxygens (including phenoxy) is 1. The molecule has 0 aromatic carbocycles. The molecule has 2 aliphatic rings. The molecular weight excluding hydrogens is 479 g/mol. The summed E-state index contributed by atoms with van der Waals surface area (Å²) in [6.07, 6.45) is 2.96. The number of guanidine groups is 1. The van der Waals surface area contributed by atoms with Gasteiger partial charge in [-0.25, -0.2) is 0 Å². The third kappa shape index (κ3) is 6.54. The average Bonchev–Trinajstić information content (AvgIpc) is 3.32. The molecule has 3 rings (SSSR count). The Morgan fingerprint density at radius 3 is 3.00 bits per heavy atom. The molecule has 148 valence electrons. The van der Waals surface area contributed by atoms with Gasteiger partial charge in [-0.2, -0.15) is 11.8 Å². The van der Waals surface area contributed by atoms with Crippen LogP contribution in [0.15, 0.2) is 22.5 Å². The molecule has 0 saturated carbocycles. The second-order valence-electron chi connectivity index (χ2n) is 6.68. The van der Waals surface area contributed by atoms with Gasteiger partial charge in [0.05, 0.1) is 18.8 Å². The second-order valence-corrected chi connectivity index (χ2v) is 9.06. The highest BCUT2D eigenvalue weighted by atomic mass is 127. The zero-order valence-corrected chi connectivity index (χ0v) is 19.6. The van der Waals surface area contributed by atoms with Gasteiger partial charge in [0.2, 0.25) is 0 Å². The molecule has 3 heterocycles. The molecule has 0 bridgehead atoms. The van der Waals surface area contributed by atoms with E-state index in [0.29, 0.717) is 12.1 Å². The lowest BCUT2D eigenvalue weighted by Crippen LogP contribution is -2.48. The van der Waals surface area contributed by atoms with Gasteiger partial charge >= 0.3 is 0 Å². The molecular formula is C18H31IN4OS2.